The number of carbonyl (C=O) groups is 1. The third kappa shape index (κ3) is 3.81. The zero-order chi connectivity index (χ0) is 19.5. The second kappa shape index (κ2) is 7.92. The normalized spacial score (nSPS) is 15.9. The van der Waals surface area contributed by atoms with Crippen molar-refractivity contribution in [1.29, 1.82) is 0 Å². The summed E-state index contributed by atoms with van der Waals surface area (Å²) >= 11 is 0. The molecule has 3 aromatic rings. The van der Waals surface area contributed by atoms with E-state index in [4.69, 9.17) is 14.5 Å². The average Bonchev–Trinajstić information content (AvgIpc) is 3.08. The number of amides is 1. The number of rotatable bonds is 6. The van der Waals surface area contributed by atoms with Gasteiger partial charge in [-0.05, 0) is 61.7 Å². The Morgan fingerprint density at radius 1 is 1.25 bits per heavy atom. The Hall–Kier alpha value is -3.02. The number of nitrogens with zero attached hydrogens (tertiary/aromatic N) is 2. The number of aryl methyl sites for hydroxylation is 2. The molecule has 2 heterocycles. The van der Waals surface area contributed by atoms with Crippen molar-refractivity contribution >= 4 is 11.6 Å². The molecule has 1 aliphatic carbocycles. The van der Waals surface area contributed by atoms with Crippen molar-refractivity contribution in [1.82, 2.24) is 14.7 Å². The van der Waals surface area contributed by atoms with Crippen molar-refractivity contribution in [3.8, 4) is 11.5 Å². The van der Waals surface area contributed by atoms with Gasteiger partial charge in [0.15, 0.2) is 0 Å². The lowest BCUT2D eigenvalue weighted by molar-refractivity contribution is -0.125. The summed E-state index contributed by atoms with van der Waals surface area (Å²) in [6, 6.07) is 11.6. The van der Waals surface area contributed by atoms with E-state index in [-0.39, 0.29) is 11.8 Å². The van der Waals surface area contributed by atoms with Crippen molar-refractivity contribution in [2.24, 2.45) is 5.92 Å². The Balaban J connectivity index is 1.30. The molecule has 146 valence electrons. The van der Waals surface area contributed by atoms with Gasteiger partial charge in [-0.2, -0.15) is 0 Å². The number of methoxy groups -OCH3 is 1. The van der Waals surface area contributed by atoms with Crippen molar-refractivity contribution in [2.75, 3.05) is 20.3 Å². The first-order valence-corrected chi connectivity index (χ1v) is 9.65. The summed E-state index contributed by atoms with van der Waals surface area (Å²) in [4.78, 5) is 17.3. The van der Waals surface area contributed by atoms with Gasteiger partial charge in [-0.1, -0.05) is 0 Å². The summed E-state index contributed by atoms with van der Waals surface area (Å²) in [6.45, 7) is 2.99. The molecule has 28 heavy (non-hydrogen) atoms. The lowest BCUT2D eigenvalue weighted by Crippen LogP contribution is -2.36. The number of carbonyl (C=O) groups excluding carboxylic acids is 1. The molecule has 1 amide bonds. The van der Waals surface area contributed by atoms with E-state index in [1.165, 1.54) is 5.56 Å². The molecule has 0 saturated heterocycles. The molecule has 0 radical (unpaired) electrons. The standard InChI is InChI=1S/C22H25N3O3/c1-15-9-11-25-20-14-16(3-8-19(20)24-21(25)13-15)22(26)23-10-12-28-18-6-4-17(27-2)5-7-18/h4-7,9,11,13,16H,3,8,10,12,14H2,1-2H3,(H,23,26). The van der Waals surface area contributed by atoms with Gasteiger partial charge in [-0.3, -0.25) is 4.79 Å². The van der Waals surface area contributed by atoms with E-state index in [9.17, 15) is 4.79 Å². The number of hydrogen-bond acceptors (Lipinski definition) is 4. The highest BCUT2D eigenvalue weighted by atomic mass is 16.5. The van der Waals surface area contributed by atoms with Crippen molar-refractivity contribution in [2.45, 2.75) is 26.2 Å². The minimum atomic E-state index is -0.0188. The van der Waals surface area contributed by atoms with Gasteiger partial charge in [0.1, 0.15) is 23.8 Å². The van der Waals surface area contributed by atoms with Gasteiger partial charge >= 0.3 is 0 Å². The summed E-state index contributed by atoms with van der Waals surface area (Å²) in [7, 11) is 1.63. The molecule has 1 unspecified atom stereocenters. The number of ether oxygens (including phenoxy) is 2. The minimum absolute atomic E-state index is 0.0188. The van der Waals surface area contributed by atoms with Gasteiger partial charge in [0, 0.05) is 24.2 Å². The summed E-state index contributed by atoms with van der Waals surface area (Å²) in [5.41, 5.74) is 4.45. The molecule has 0 fully saturated rings. The first kappa shape index (κ1) is 18.3. The van der Waals surface area contributed by atoms with Gasteiger partial charge < -0.3 is 19.2 Å². The molecule has 6 heteroatoms. The molecule has 6 nitrogen and oxygen atoms in total. The van der Waals surface area contributed by atoms with Gasteiger partial charge in [0.05, 0.1) is 19.3 Å². The largest absolute Gasteiger partial charge is 0.497 e. The summed E-state index contributed by atoms with van der Waals surface area (Å²) in [5, 5.41) is 3.01. The van der Waals surface area contributed by atoms with E-state index in [2.05, 4.69) is 35.0 Å². The quantitative estimate of drug-likeness (QED) is 0.669. The molecular weight excluding hydrogens is 354 g/mol. The van der Waals surface area contributed by atoms with Crippen LogP contribution in [0.25, 0.3) is 5.65 Å². The fourth-order valence-electron chi connectivity index (χ4n) is 3.69. The Bertz CT molecular complexity index is 979. The Morgan fingerprint density at radius 2 is 2.04 bits per heavy atom. The van der Waals surface area contributed by atoms with Gasteiger partial charge in [0.25, 0.3) is 0 Å². The fraction of sp³-hybridized carbons (Fsp3) is 0.364. The van der Waals surface area contributed by atoms with Crippen LogP contribution in [0.2, 0.25) is 0 Å². The number of fused-ring (bicyclic) bond motifs is 3. The molecular formula is C22H25N3O3. The SMILES string of the molecule is COc1ccc(OCCNC(=O)C2CCc3nc4cc(C)ccn4c3C2)cc1. The van der Waals surface area contributed by atoms with Crippen LogP contribution in [0.3, 0.4) is 0 Å². The third-order valence-corrected chi connectivity index (χ3v) is 5.23. The van der Waals surface area contributed by atoms with E-state index in [0.717, 1.165) is 47.8 Å². The zero-order valence-corrected chi connectivity index (χ0v) is 16.3. The maximum absolute atomic E-state index is 12.6. The van der Waals surface area contributed by atoms with Crippen molar-refractivity contribution < 1.29 is 14.3 Å². The molecule has 1 aliphatic rings. The molecule has 0 aliphatic heterocycles. The Kier molecular flexibility index (Phi) is 5.19. The van der Waals surface area contributed by atoms with Crippen LogP contribution in [0, 0.1) is 12.8 Å². The van der Waals surface area contributed by atoms with Crippen molar-refractivity contribution in [3.63, 3.8) is 0 Å². The second-order valence-corrected chi connectivity index (χ2v) is 7.19. The number of pyridine rings is 1. The molecule has 0 spiro atoms. The van der Waals surface area contributed by atoms with Crippen LogP contribution < -0.4 is 14.8 Å². The highest BCUT2D eigenvalue weighted by Gasteiger charge is 2.27. The molecule has 0 saturated carbocycles. The van der Waals surface area contributed by atoms with Crippen LogP contribution in [0.5, 0.6) is 11.5 Å². The minimum Gasteiger partial charge on any atom is -0.497 e. The average molecular weight is 379 g/mol. The maximum Gasteiger partial charge on any atom is 0.223 e. The van der Waals surface area contributed by atoms with Gasteiger partial charge in [-0.25, -0.2) is 4.98 Å². The van der Waals surface area contributed by atoms with E-state index >= 15 is 0 Å². The lowest BCUT2D eigenvalue weighted by Gasteiger charge is -2.21. The molecule has 0 bridgehead atoms. The summed E-state index contributed by atoms with van der Waals surface area (Å²) in [5.74, 6) is 1.62. The molecule has 2 aromatic heterocycles. The van der Waals surface area contributed by atoms with E-state index in [1.54, 1.807) is 7.11 Å². The third-order valence-electron chi connectivity index (χ3n) is 5.23. The molecule has 4 rings (SSSR count). The van der Waals surface area contributed by atoms with Crippen LogP contribution in [0.15, 0.2) is 42.6 Å². The fourth-order valence-corrected chi connectivity index (χ4v) is 3.69. The molecule has 1 N–H and O–H groups in total. The Morgan fingerprint density at radius 3 is 2.82 bits per heavy atom. The monoisotopic (exact) mass is 379 g/mol. The molecule has 1 aromatic carbocycles. The van der Waals surface area contributed by atoms with Crippen LogP contribution >= 0.6 is 0 Å². The van der Waals surface area contributed by atoms with Crippen LogP contribution in [0.1, 0.15) is 23.4 Å². The number of nitrogens with one attached hydrogen (secondary N) is 1. The number of aromatic nitrogens is 2. The number of imidazole rings is 1. The topological polar surface area (TPSA) is 64.9 Å². The van der Waals surface area contributed by atoms with Crippen LogP contribution in [-0.2, 0) is 17.6 Å². The Labute approximate surface area is 164 Å². The van der Waals surface area contributed by atoms with E-state index in [1.807, 2.05) is 24.3 Å². The zero-order valence-electron chi connectivity index (χ0n) is 16.3. The van der Waals surface area contributed by atoms with Crippen LogP contribution in [-0.4, -0.2) is 35.6 Å². The smallest absolute Gasteiger partial charge is 0.223 e. The highest BCUT2D eigenvalue weighted by molar-refractivity contribution is 5.79. The predicted molar refractivity (Wildman–Crippen MR) is 107 cm³/mol. The summed E-state index contributed by atoms with van der Waals surface area (Å²) < 4.78 is 12.9. The highest BCUT2D eigenvalue weighted by Crippen LogP contribution is 2.27. The molecule has 1 atom stereocenters. The first-order valence-electron chi connectivity index (χ1n) is 9.65. The van der Waals surface area contributed by atoms with Gasteiger partial charge in [-0.15, -0.1) is 0 Å². The maximum atomic E-state index is 12.6. The van der Waals surface area contributed by atoms with E-state index < -0.39 is 0 Å². The van der Waals surface area contributed by atoms with Crippen LogP contribution in [0.4, 0.5) is 0 Å². The lowest BCUT2D eigenvalue weighted by atomic mass is 9.89. The summed E-state index contributed by atoms with van der Waals surface area (Å²) in [6.07, 6.45) is 4.46. The van der Waals surface area contributed by atoms with Crippen molar-refractivity contribution in [3.05, 3.63) is 59.5 Å². The first-order chi connectivity index (χ1) is 13.6. The number of hydrogen-bond donors (Lipinski definition) is 1. The number of benzene rings is 1. The van der Waals surface area contributed by atoms with E-state index in [0.29, 0.717) is 13.2 Å². The second-order valence-electron chi connectivity index (χ2n) is 7.19. The predicted octanol–water partition coefficient (Wildman–Crippen LogP) is 2.95. The van der Waals surface area contributed by atoms with Gasteiger partial charge in [0.2, 0.25) is 5.91 Å².